The molecule has 0 fully saturated rings. The quantitative estimate of drug-likeness (QED) is 0.588. The van der Waals surface area contributed by atoms with E-state index in [0.717, 1.165) is 18.4 Å². The number of fused-ring (bicyclic) bond motifs is 1. The second kappa shape index (κ2) is 4.53. The molecule has 0 aromatic heterocycles. The van der Waals surface area contributed by atoms with Crippen LogP contribution in [0.15, 0.2) is 36.4 Å². The predicted octanol–water partition coefficient (Wildman–Crippen LogP) is 2.64. The third-order valence-electron chi connectivity index (χ3n) is 2.86. The van der Waals surface area contributed by atoms with Crippen LogP contribution in [0.2, 0.25) is 0 Å². The molecule has 3 heteroatoms. The normalized spacial score (nSPS) is 14.1. The summed E-state index contributed by atoms with van der Waals surface area (Å²) in [6.45, 7) is 6.23. The second-order valence-electron chi connectivity index (χ2n) is 4.37. The fourth-order valence-electron chi connectivity index (χ4n) is 1.98. The van der Waals surface area contributed by atoms with Gasteiger partial charge in [0.15, 0.2) is 0 Å². The zero-order valence-corrected chi connectivity index (χ0v) is 9.90. The van der Waals surface area contributed by atoms with Gasteiger partial charge in [0, 0.05) is 6.54 Å². The van der Waals surface area contributed by atoms with Crippen molar-refractivity contribution < 1.29 is 9.59 Å². The molecule has 17 heavy (non-hydrogen) atoms. The number of imide groups is 1. The molecule has 1 aromatic carbocycles. The molecule has 2 amide bonds. The number of carbonyl (C=O) groups is 2. The molecular formula is C14H15NO2. The lowest BCUT2D eigenvalue weighted by atomic mass is 10.1. The predicted molar refractivity (Wildman–Crippen MR) is 65.9 cm³/mol. The Kier molecular flexibility index (Phi) is 3.09. The molecule has 1 heterocycles. The molecule has 0 bridgehead atoms. The minimum atomic E-state index is -0.174. The Morgan fingerprint density at radius 3 is 2.18 bits per heavy atom. The number of amides is 2. The third-order valence-corrected chi connectivity index (χ3v) is 2.86. The average Bonchev–Trinajstić information content (AvgIpc) is 2.54. The van der Waals surface area contributed by atoms with Crippen LogP contribution in [0.4, 0.5) is 0 Å². The number of carbonyl (C=O) groups excluding carboxylic acids is 2. The molecule has 0 saturated heterocycles. The molecule has 1 aliphatic rings. The van der Waals surface area contributed by atoms with E-state index < -0.39 is 0 Å². The zero-order valence-electron chi connectivity index (χ0n) is 9.90. The molecule has 88 valence electrons. The molecule has 0 spiro atoms. The van der Waals surface area contributed by atoms with Gasteiger partial charge in [0.2, 0.25) is 0 Å². The van der Waals surface area contributed by atoms with E-state index in [9.17, 15) is 9.59 Å². The summed E-state index contributed by atoms with van der Waals surface area (Å²) in [7, 11) is 0. The molecule has 0 unspecified atom stereocenters. The number of hydrogen-bond acceptors (Lipinski definition) is 2. The van der Waals surface area contributed by atoms with Crippen LogP contribution < -0.4 is 0 Å². The smallest absolute Gasteiger partial charge is 0.261 e. The maximum atomic E-state index is 12.0. The molecule has 1 aromatic rings. The molecule has 1 aliphatic heterocycles. The Labute approximate surface area is 101 Å². The first-order chi connectivity index (χ1) is 8.11. The van der Waals surface area contributed by atoms with Crippen molar-refractivity contribution in [3.8, 4) is 0 Å². The SMILES string of the molecule is C=C(C)CCCN1C(=O)c2ccccc2C1=O. The summed E-state index contributed by atoms with van der Waals surface area (Å²) in [4.78, 5) is 25.3. The number of allylic oxidation sites excluding steroid dienone is 1. The maximum absolute atomic E-state index is 12.0. The van der Waals surface area contributed by atoms with Gasteiger partial charge in [-0.15, -0.1) is 6.58 Å². The van der Waals surface area contributed by atoms with Crippen LogP contribution >= 0.6 is 0 Å². The van der Waals surface area contributed by atoms with E-state index in [1.165, 1.54) is 4.90 Å². The van der Waals surface area contributed by atoms with Crippen molar-refractivity contribution >= 4 is 11.8 Å². The van der Waals surface area contributed by atoms with Crippen molar-refractivity contribution in [2.24, 2.45) is 0 Å². The number of nitrogens with zero attached hydrogens (tertiary/aromatic N) is 1. The standard InChI is InChI=1S/C14H15NO2/c1-10(2)6-5-9-15-13(16)11-7-3-4-8-12(11)14(15)17/h3-4,7-8H,1,5-6,9H2,2H3. The zero-order chi connectivity index (χ0) is 12.4. The minimum absolute atomic E-state index is 0.174. The van der Waals surface area contributed by atoms with Gasteiger partial charge >= 0.3 is 0 Å². The lowest BCUT2D eigenvalue weighted by Gasteiger charge is -2.13. The van der Waals surface area contributed by atoms with E-state index in [1.54, 1.807) is 24.3 Å². The highest BCUT2D eigenvalue weighted by atomic mass is 16.2. The minimum Gasteiger partial charge on any atom is -0.274 e. The van der Waals surface area contributed by atoms with Crippen molar-refractivity contribution in [1.82, 2.24) is 4.90 Å². The topological polar surface area (TPSA) is 37.4 Å². The van der Waals surface area contributed by atoms with Gasteiger partial charge in [-0.2, -0.15) is 0 Å². The van der Waals surface area contributed by atoms with E-state index in [-0.39, 0.29) is 11.8 Å². The molecule has 0 atom stereocenters. The van der Waals surface area contributed by atoms with Gasteiger partial charge in [0.1, 0.15) is 0 Å². The monoisotopic (exact) mass is 229 g/mol. The molecular weight excluding hydrogens is 214 g/mol. The molecule has 2 rings (SSSR count). The Bertz CT molecular complexity index is 456. The Balaban J connectivity index is 2.11. The van der Waals surface area contributed by atoms with E-state index in [0.29, 0.717) is 17.7 Å². The first-order valence-electron chi connectivity index (χ1n) is 5.71. The molecule has 0 radical (unpaired) electrons. The highest BCUT2D eigenvalue weighted by molar-refractivity contribution is 6.21. The summed E-state index contributed by atoms with van der Waals surface area (Å²) in [6, 6.07) is 6.96. The highest BCUT2D eigenvalue weighted by Gasteiger charge is 2.34. The Morgan fingerprint density at radius 1 is 1.18 bits per heavy atom. The van der Waals surface area contributed by atoms with Gasteiger partial charge in [-0.25, -0.2) is 0 Å². The lowest BCUT2D eigenvalue weighted by Crippen LogP contribution is -2.30. The van der Waals surface area contributed by atoms with Crippen LogP contribution in [0, 0.1) is 0 Å². The third kappa shape index (κ3) is 2.13. The maximum Gasteiger partial charge on any atom is 0.261 e. The van der Waals surface area contributed by atoms with Crippen LogP contribution in [0.1, 0.15) is 40.5 Å². The van der Waals surface area contributed by atoms with E-state index in [2.05, 4.69) is 6.58 Å². The van der Waals surface area contributed by atoms with Crippen LogP contribution in [-0.4, -0.2) is 23.3 Å². The molecule has 0 aliphatic carbocycles. The molecule has 3 nitrogen and oxygen atoms in total. The molecule has 0 N–H and O–H groups in total. The summed E-state index contributed by atoms with van der Waals surface area (Å²) in [5, 5.41) is 0. The van der Waals surface area contributed by atoms with Gasteiger partial charge in [-0.1, -0.05) is 17.7 Å². The summed E-state index contributed by atoms with van der Waals surface area (Å²) < 4.78 is 0. The number of rotatable bonds is 4. The fourth-order valence-corrected chi connectivity index (χ4v) is 1.98. The molecule has 0 saturated carbocycles. The van der Waals surface area contributed by atoms with Crippen molar-refractivity contribution in [2.45, 2.75) is 19.8 Å². The first-order valence-corrected chi connectivity index (χ1v) is 5.71. The van der Waals surface area contributed by atoms with Crippen LogP contribution in [-0.2, 0) is 0 Å². The first kappa shape index (κ1) is 11.6. The van der Waals surface area contributed by atoms with E-state index in [1.807, 2.05) is 6.92 Å². The van der Waals surface area contributed by atoms with Gasteiger partial charge in [0.25, 0.3) is 11.8 Å². The van der Waals surface area contributed by atoms with Crippen molar-refractivity contribution in [2.75, 3.05) is 6.54 Å². The van der Waals surface area contributed by atoms with Crippen LogP contribution in [0.25, 0.3) is 0 Å². The average molecular weight is 229 g/mol. The van der Waals surface area contributed by atoms with Crippen LogP contribution in [0.3, 0.4) is 0 Å². The van der Waals surface area contributed by atoms with Crippen molar-refractivity contribution in [3.63, 3.8) is 0 Å². The summed E-state index contributed by atoms with van der Waals surface area (Å²) >= 11 is 0. The Morgan fingerprint density at radius 2 is 1.71 bits per heavy atom. The number of benzene rings is 1. The highest BCUT2D eigenvalue weighted by Crippen LogP contribution is 2.22. The largest absolute Gasteiger partial charge is 0.274 e. The van der Waals surface area contributed by atoms with Gasteiger partial charge in [-0.3, -0.25) is 14.5 Å². The van der Waals surface area contributed by atoms with Crippen molar-refractivity contribution in [1.29, 1.82) is 0 Å². The van der Waals surface area contributed by atoms with Crippen LogP contribution in [0.5, 0.6) is 0 Å². The summed E-state index contributed by atoms with van der Waals surface area (Å²) in [6.07, 6.45) is 1.62. The second-order valence-corrected chi connectivity index (χ2v) is 4.37. The Hall–Kier alpha value is -1.90. The lowest BCUT2D eigenvalue weighted by molar-refractivity contribution is 0.0652. The summed E-state index contributed by atoms with van der Waals surface area (Å²) in [5.41, 5.74) is 2.11. The summed E-state index contributed by atoms with van der Waals surface area (Å²) in [5.74, 6) is -0.348. The van der Waals surface area contributed by atoms with E-state index in [4.69, 9.17) is 0 Å². The van der Waals surface area contributed by atoms with Crippen molar-refractivity contribution in [3.05, 3.63) is 47.5 Å². The fraction of sp³-hybridized carbons (Fsp3) is 0.286. The van der Waals surface area contributed by atoms with Gasteiger partial charge < -0.3 is 0 Å². The number of hydrogen-bond donors (Lipinski definition) is 0. The van der Waals surface area contributed by atoms with Gasteiger partial charge in [-0.05, 0) is 31.9 Å². The van der Waals surface area contributed by atoms with Gasteiger partial charge in [0.05, 0.1) is 11.1 Å². The van der Waals surface area contributed by atoms with E-state index >= 15 is 0 Å².